The maximum Gasteiger partial charge on any atom is 0.247 e. The Bertz CT molecular complexity index is 1130. The van der Waals surface area contributed by atoms with Gasteiger partial charge in [0.1, 0.15) is 12.4 Å². The fourth-order valence-electron chi connectivity index (χ4n) is 4.01. The van der Waals surface area contributed by atoms with Gasteiger partial charge in [-0.3, -0.25) is 4.90 Å². The molecule has 1 fully saturated rings. The average molecular weight is 588 g/mol. The monoisotopic (exact) mass is 587 g/mol. The molecule has 188 valence electrons. The van der Waals surface area contributed by atoms with Crippen LogP contribution in [-0.4, -0.2) is 50.7 Å². The lowest BCUT2D eigenvalue weighted by Crippen LogP contribution is -2.25. The topological polar surface area (TPSA) is 54.7 Å². The standard InChI is InChI=1S/C25H27N5O.C2H6.CH3I.H2/c1-2-4-9-20(8-3-1)23-10-7-11-24-27-25(28-30(23)24)26-21-12-14-22(15-13-21)31-19-18-29-16-5-6-17-29;2*1-2;/h1-3,7-15H,4-6,16-19H2,(H,26,28);1-2H3;1H3;1H. The van der Waals surface area contributed by atoms with E-state index < -0.39 is 0 Å². The molecule has 3 heterocycles. The molecular formula is C28H38IN5O. The quantitative estimate of drug-likeness (QED) is 0.235. The van der Waals surface area contributed by atoms with E-state index in [0.29, 0.717) is 5.95 Å². The van der Waals surface area contributed by atoms with E-state index in [0.717, 1.165) is 47.9 Å². The Balaban J connectivity index is 0.000000871. The molecule has 1 aromatic carbocycles. The molecule has 0 atom stereocenters. The van der Waals surface area contributed by atoms with E-state index in [9.17, 15) is 0 Å². The summed E-state index contributed by atoms with van der Waals surface area (Å²) in [6.07, 6.45) is 14.1. The number of allylic oxidation sites excluding steroid dienone is 6. The van der Waals surface area contributed by atoms with Gasteiger partial charge < -0.3 is 10.1 Å². The fourth-order valence-corrected chi connectivity index (χ4v) is 4.01. The van der Waals surface area contributed by atoms with Crippen molar-refractivity contribution in [3.63, 3.8) is 0 Å². The summed E-state index contributed by atoms with van der Waals surface area (Å²) in [5.74, 6) is 1.46. The number of benzene rings is 1. The minimum absolute atomic E-state index is 0. The Labute approximate surface area is 224 Å². The molecule has 7 heteroatoms. The zero-order valence-electron chi connectivity index (χ0n) is 21.0. The highest BCUT2D eigenvalue weighted by Gasteiger charge is 2.12. The number of hydrogen-bond acceptors (Lipinski definition) is 5. The predicted octanol–water partition coefficient (Wildman–Crippen LogP) is 7.17. The van der Waals surface area contributed by atoms with Crippen LogP contribution in [0.4, 0.5) is 11.6 Å². The molecule has 0 spiro atoms. The number of nitrogens with zero attached hydrogens (tertiary/aromatic N) is 4. The first-order chi connectivity index (χ1) is 17.3. The van der Waals surface area contributed by atoms with Gasteiger partial charge in [0, 0.05) is 13.7 Å². The smallest absolute Gasteiger partial charge is 0.247 e. The summed E-state index contributed by atoms with van der Waals surface area (Å²) in [5.41, 5.74) is 3.91. The first-order valence-corrected chi connectivity index (χ1v) is 14.5. The fraction of sp³-hybridized carbons (Fsp3) is 0.357. The summed E-state index contributed by atoms with van der Waals surface area (Å²) in [4.78, 5) is 9.07. The number of hydrogen-bond donors (Lipinski definition) is 1. The first-order valence-electron chi connectivity index (χ1n) is 12.3. The lowest BCUT2D eigenvalue weighted by molar-refractivity contribution is 0.238. The van der Waals surface area contributed by atoms with Crippen LogP contribution in [0.3, 0.4) is 0 Å². The van der Waals surface area contributed by atoms with Gasteiger partial charge in [0.05, 0.1) is 5.69 Å². The van der Waals surface area contributed by atoms with Crippen LogP contribution in [0.5, 0.6) is 5.75 Å². The molecule has 0 bridgehead atoms. The highest BCUT2D eigenvalue weighted by atomic mass is 127. The SMILES string of the molecule is C1=CCC=C(c2cccc3nc(Nc4ccc(OCCN5CCCC5)cc4)nn23)C=C1.CC.CI.[HH]. The van der Waals surface area contributed by atoms with Crippen molar-refractivity contribution in [1.29, 1.82) is 0 Å². The van der Waals surface area contributed by atoms with E-state index >= 15 is 0 Å². The highest BCUT2D eigenvalue weighted by molar-refractivity contribution is 14.1. The average Bonchev–Trinajstić information content (AvgIpc) is 3.50. The Morgan fingerprint density at radius 1 is 1.03 bits per heavy atom. The van der Waals surface area contributed by atoms with Crippen LogP contribution in [0.1, 0.15) is 40.2 Å². The van der Waals surface area contributed by atoms with Crippen LogP contribution in [0, 0.1) is 0 Å². The lowest BCUT2D eigenvalue weighted by Gasteiger charge is -2.15. The molecule has 2 aromatic heterocycles. The normalized spacial score (nSPS) is 14.9. The van der Waals surface area contributed by atoms with Crippen molar-refractivity contribution in [2.75, 3.05) is 36.5 Å². The van der Waals surface area contributed by atoms with Gasteiger partial charge in [-0.05, 0) is 79.3 Å². The molecule has 35 heavy (non-hydrogen) atoms. The molecule has 2 aliphatic rings. The number of pyridine rings is 1. The van der Waals surface area contributed by atoms with E-state index in [2.05, 4.69) is 74.2 Å². The van der Waals surface area contributed by atoms with Crippen LogP contribution in [0.15, 0.2) is 72.8 Å². The maximum absolute atomic E-state index is 5.89. The van der Waals surface area contributed by atoms with E-state index in [1.54, 1.807) is 0 Å². The van der Waals surface area contributed by atoms with Crippen molar-refractivity contribution in [2.45, 2.75) is 33.1 Å². The summed E-state index contributed by atoms with van der Waals surface area (Å²) >= 11 is 2.15. The molecular weight excluding hydrogens is 549 g/mol. The minimum Gasteiger partial charge on any atom is -0.492 e. The predicted molar refractivity (Wildman–Crippen MR) is 158 cm³/mol. The molecule has 3 aromatic rings. The van der Waals surface area contributed by atoms with E-state index in [1.807, 2.05) is 59.7 Å². The summed E-state index contributed by atoms with van der Waals surface area (Å²) < 4.78 is 7.78. The van der Waals surface area contributed by atoms with Gasteiger partial charge in [-0.15, -0.1) is 5.10 Å². The van der Waals surface area contributed by atoms with Crippen molar-refractivity contribution in [3.05, 3.63) is 78.5 Å². The zero-order valence-corrected chi connectivity index (χ0v) is 23.1. The Morgan fingerprint density at radius 3 is 2.57 bits per heavy atom. The summed E-state index contributed by atoms with van der Waals surface area (Å²) in [7, 11) is 0. The van der Waals surface area contributed by atoms with Crippen LogP contribution in [-0.2, 0) is 0 Å². The maximum atomic E-state index is 5.89. The number of anilines is 2. The van der Waals surface area contributed by atoms with Crippen molar-refractivity contribution in [2.24, 2.45) is 0 Å². The molecule has 1 N–H and O–H groups in total. The molecule has 5 rings (SSSR count). The number of ether oxygens (including phenoxy) is 1. The van der Waals surface area contributed by atoms with Gasteiger partial charge in [0.2, 0.25) is 5.95 Å². The van der Waals surface area contributed by atoms with Gasteiger partial charge in [0.25, 0.3) is 0 Å². The van der Waals surface area contributed by atoms with Crippen LogP contribution in [0.2, 0.25) is 0 Å². The molecule has 1 saturated heterocycles. The molecule has 0 unspecified atom stereocenters. The Kier molecular flexibility index (Phi) is 11.3. The van der Waals surface area contributed by atoms with E-state index in [4.69, 9.17) is 9.84 Å². The number of rotatable bonds is 7. The molecule has 0 saturated carbocycles. The number of alkyl halides is 1. The van der Waals surface area contributed by atoms with Crippen LogP contribution in [0.25, 0.3) is 11.2 Å². The van der Waals surface area contributed by atoms with E-state index in [-0.39, 0.29) is 1.43 Å². The second-order valence-corrected chi connectivity index (χ2v) is 7.85. The number of fused-ring (bicyclic) bond motifs is 1. The number of halogens is 1. The Morgan fingerprint density at radius 2 is 1.80 bits per heavy atom. The minimum atomic E-state index is 0. The zero-order chi connectivity index (χ0) is 24.9. The van der Waals surface area contributed by atoms with Crippen LogP contribution >= 0.6 is 22.6 Å². The number of nitrogens with one attached hydrogen (secondary N) is 1. The molecule has 1 aliphatic heterocycles. The summed E-state index contributed by atoms with van der Waals surface area (Å²) in [5, 5.41) is 8.00. The van der Waals surface area contributed by atoms with Crippen molar-refractivity contribution >= 4 is 45.4 Å². The van der Waals surface area contributed by atoms with Crippen molar-refractivity contribution in [1.82, 2.24) is 19.5 Å². The molecule has 6 nitrogen and oxygen atoms in total. The van der Waals surface area contributed by atoms with Crippen molar-refractivity contribution in [3.8, 4) is 5.75 Å². The third-order valence-electron chi connectivity index (χ3n) is 5.64. The number of likely N-dealkylation sites (tertiary alicyclic amines) is 1. The third-order valence-corrected chi connectivity index (χ3v) is 5.64. The van der Waals surface area contributed by atoms with Gasteiger partial charge in [-0.25, -0.2) is 4.52 Å². The van der Waals surface area contributed by atoms with Gasteiger partial charge in [-0.1, -0.05) is 72.9 Å². The summed E-state index contributed by atoms with van der Waals surface area (Å²) in [6, 6.07) is 14.0. The third kappa shape index (κ3) is 7.67. The lowest BCUT2D eigenvalue weighted by atomic mass is 10.1. The van der Waals surface area contributed by atoms with E-state index in [1.165, 1.54) is 25.9 Å². The largest absolute Gasteiger partial charge is 0.492 e. The van der Waals surface area contributed by atoms with Crippen LogP contribution < -0.4 is 10.1 Å². The number of aromatic nitrogens is 3. The summed E-state index contributed by atoms with van der Waals surface area (Å²) in [6.45, 7) is 8.12. The first kappa shape index (κ1) is 26.9. The Hall–Kier alpha value is -2.65. The highest BCUT2D eigenvalue weighted by Crippen LogP contribution is 2.23. The van der Waals surface area contributed by atoms with Gasteiger partial charge in [0.15, 0.2) is 5.65 Å². The molecule has 0 amide bonds. The van der Waals surface area contributed by atoms with Gasteiger partial charge in [-0.2, -0.15) is 4.98 Å². The second-order valence-electron chi connectivity index (χ2n) is 7.85. The molecule has 0 radical (unpaired) electrons. The second kappa shape index (κ2) is 14.7. The van der Waals surface area contributed by atoms with Crippen molar-refractivity contribution < 1.29 is 6.16 Å². The van der Waals surface area contributed by atoms with Gasteiger partial charge >= 0.3 is 0 Å². The molecule has 1 aliphatic carbocycles.